The van der Waals surface area contributed by atoms with Crippen LogP contribution in [0.2, 0.25) is 0 Å². The molecule has 0 aliphatic carbocycles. The third-order valence-electron chi connectivity index (χ3n) is 3.26. The highest BCUT2D eigenvalue weighted by Crippen LogP contribution is 2.33. The number of nitrogens with two attached hydrogens (primary N) is 1. The molecule has 9 nitrogen and oxygen atoms in total. The Labute approximate surface area is 107 Å². The fourth-order valence-corrected chi connectivity index (χ4v) is 2.10. The molecule has 5 N–H and O–H groups in total. The van der Waals surface area contributed by atoms with Crippen molar-refractivity contribution in [2.45, 2.75) is 17.9 Å². The number of imidazole rings is 1. The van der Waals surface area contributed by atoms with Gasteiger partial charge in [0.1, 0.15) is 23.5 Å². The van der Waals surface area contributed by atoms with Gasteiger partial charge in [0.2, 0.25) is 0 Å². The van der Waals surface area contributed by atoms with Crippen LogP contribution in [0.5, 0.6) is 0 Å². The number of hydrogen-bond donors (Lipinski definition) is 4. The van der Waals surface area contributed by atoms with Crippen LogP contribution in [0.4, 0.5) is 5.82 Å². The molecule has 9 heteroatoms. The fraction of sp³-hybridized carbons (Fsp3) is 0.500. The van der Waals surface area contributed by atoms with Gasteiger partial charge in [0.15, 0.2) is 17.7 Å². The van der Waals surface area contributed by atoms with E-state index < -0.39 is 24.5 Å². The fourth-order valence-electron chi connectivity index (χ4n) is 2.10. The second-order valence-corrected chi connectivity index (χ2v) is 4.49. The van der Waals surface area contributed by atoms with Crippen molar-refractivity contribution in [3.63, 3.8) is 0 Å². The molecule has 1 fully saturated rings. The highest BCUT2D eigenvalue weighted by atomic mass is 16.6. The lowest BCUT2D eigenvalue weighted by Gasteiger charge is -2.24. The number of rotatable bonds is 2. The number of aliphatic hydroxyl groups excluding tert-OH is 2. The van der Waals surface area contributed by atoms with Crippen LogP contribution in [0.15, 0.2) is 12.7 Å². The van der Waals surface area contributed by atoms with Crippen LogP contribution >= 0.6 is 0 Å². The largest absolute Gasteiger partial charge is 0.393 e. The van der Waals surface area contributed by atoms with Gasteiger partial charge in [0.05, 0.1) is 19.5 Å². The van der Waals surface area contributed by atoms with Crippen molar-refractivity contribution >= 4 is 17.0 Å². The summed E-state index contributed by atoms with van der Waals surface area (Å²) in [5.74, 6) is 0.216. The zero-order valence-corrected chi connectivity index (χ0v) is 9.84. The highest BCUT2D eigenvalue weighted by Gasteiger charge is 2.49. The molecular formula is C10H13N5O4. The first-order valence-electron chi connectivity index (χ1n) is 5.63. The minimum Gasteiger partial charge on any atom is -0.393 e. The van der Waals surface area contributed by atoms with E-state index in [4.69, 9.17) is 15.6 Å². The number of anilines is 1. The molecule has 1 aliphatic heterocycles. The maximum atomic E-state index is 10.1. The topological polar surface area (TPSA) is 140 Å². The molecule has 1 aliphatic rings. The average molecular weight is 267 g/mol. The molecule has 0 bridgehead atoms. The first kappa shape index (κ1) is 12.2. The Morgan fingerprint density at radius 3 is 2.95 bits per heavy atom. The summed E-state index contributed by atoms with van der Waals surface area (Å²) in [7, 11) is 0. The number of aliphatic hydroxyl groups is 3. The summed E-state index contributed by atoms with van der Waals surface area (Å²) >= 11 is 0. The molecule has 0 spiro atoms. The minimum absolute atomic E-state index is 0.185. The summed E-state index contributed by atoms with van der Waals surface area (Å²) in [6, 6.07) is 0. The third kappa shape index (κ3) is 1.67. The van der Waals surface area contributed by atoms with E-state index in [2.05, 4.69) is 15.0 Å². The molecule has 1 saturated heterocycles. The molecule has 3 heterocycles. The normalized spacial score (nSPS) is 31.1. The van der Waals surface area contributed by atoms with E-state index in [0.717, 1.165) is 0 Å². The van der Waals surface area contributed by atoms with Gasteiger partial charge in [-0.1, -0.05) is 0 Å². The predicted molar refractivity (Wildman–Crippen MR) is 62.8 cm³/mol. The molecule has 19 heavy (non-hydrogen) atoms. The van der Waals surface area contributed by atoms with E-state index in [-0.39, 0.29) is 12.4 Å². The van der Waals surface area contributed by atoms with Crippen LogP contribution in [0.1, 0.15) is 6.23 Å². The summed E-state index contributed by atoms with van der Waals surface area (Å²) in [6.07, 6.45) is 0.477. The van der Waals surface area contributed by atoms with Crippen molar-refractivity contribution in [2.75, 3.05) is 18.9 Å². The number of nitrogens with zero attached hydrogens (tertiary/aromatic N) is 4. The van der Waals surface area contributed by atoms with E-state index in [1.807, 2.05) is 0 Å². The Morgan fingerprint density at radius 1 is 1.47 bits per heavy atom. The average Bonchev–Trinajstić information content (AvgIpc) is 2.95. The summed E-state index contributed by atoms with van der Waals surface area (Å²) in [6.45, 7) is -0.788. The standard InChI is InChI=1S/C10H13N5O4/c11-7-5-8(13-3-12-7)15(4-14-5)9-6(17)10(18,1-16)2-19-9/h3-4,6,9,16-18H,1-2H2,(H2,11,12,13)/t6-,9+,10+/m0/s1. The second kappa shape index (κ2) is 4.10. The zero-order chi connectivity index (χ0) is 13.6. The smallest absolute Gasteiger partial charge is 0.167 e. The molecule has 3 rings (SSSR count). The van der Waals surface area contributed by atoms with Crippen LogP contribution in [-0.2, 0) is 4.74 Å². The lowest BCUT2D eigenvalue weighted by molar-refractivity contribution is -0.0873. The van der Waals surface area contributed by atoms with Crippen LogP contribution in [-0.4, -0.2) is 59.8 Å². The van der Waals surface area contributed by atoms with Crippen molar-refractivity contribution in [2.24, 2.45) is 0 Å². The van der Waals surface area contributed by atoms with Gasteiger partial charge in [0.25, 0.3) is 0 Å². The molecule has 3 atom stereocenters. The van der Waals surface area contributed by atoms with Gasteiger partial charge in [-0.3, -0.25) is 4.57 Å². The van der Waals surface area contributed by atoms with Crippen LogP contribution in [0.3, 0.4) is 0 Å². The number of aromatic nitrogens is 4. The first-order chi connectivity index (χ1) is 9.07. The van der Waals surface area contributed by atoms with Crippen molar-refractivity contribution < 1.29 is 20.1 Å². The van der Waals surface area contributed by atoms with Gasteiger partial charge in [-0.2, -0.15) is 0 Å². The van der Waals surface area contributed by atoms with Gasteiger partial charge >= 0.3 is 0 Å². The maximum absolute atomic E-state index is 10.1. The molecule has 2 aromatic heterocycles. The van der Waals surface area contributed by atoms with E-state index in [9.17, 15) is 10.2 Å². The Hall–Kier alpha value is -1.81. The summed E-state index contributed by atoms with van der Waals surface area (Å²) in [4.78, 5) is 11.9. The number of hydrogen-bond acceptors (Lipinski definition) is 8. The molecule has 0 saturated carbocycles. The van der Waals surface area contributed by atoms with E-state index in [0.29, 0.717) is 11.2 Å². The maximum Gasteiger partial charge on any atom is 0.167 e. The third-order valence-corrected chi connectivity index (χ3v) is 3.26. The van der Waals surface area contributed by atoms with E-state index in [1.54, 1.807) is 0 Å². The monoisotopic (exact) mass is 267 g/mol. The molecule has 0 unspecified atom stereocenters. The van der Waals surface area contributed by atoms with Crippen molar-refractivity contribution in [3.8, 4) is 0 Å². The number of fused-ring (bicyclic) bond motifs is 1. The number of ether oxygens (including phenoxy) is 1. The van der Waals surface area contributed by atoms with Gasteiger partial charge in [-0.05, 0) is 0 Å². The number of nitrogen functional groups attached to an aromatic ring is 1. The van der Waals surface area contributed by atoms with Crippen LogP contribution in [0.25, 0.3) is 11.2 Å². The summed E-state index contributed by atoms with van der Waals surface area (Å²) in [5.41, 5.74) is 4.74. The Kier molecular flexibility index (Phi) is 2.64. The van der Waals surface area contributed by atoms with Gasteiger partial charge < -0.3 is 25.8 Å². The predicted octanol–water partition coefficient (Wildman–Crippen LogP) is -1.98. The van der Waals surface area contributed by atoms with Gasteiger partial charge in [-0.25, -0.2) is 15.0 Å². The molecule has 0 amide bonds. The van der Waals surface area contributed by atoms with Gasteiger partial charge in [0, 0.05) is 0 Å². The van der Waals surface area contributed by atoms with Crippen molar-refractivity contribution in [1.29, 1.82) is 0 Å². The molecular weight excluding hydrogens is 254 g/mol. The first-order valence-corrected chi connectivity index (χ1v) is 5.63. The summed E-state index contributed by atoms with van der Waals surface area (Å²) < 4.78 is 6.78. The Morgan fingerprint density at radius 2 is 2.26 bits per heavy atom. The van der Waals surface area contributed by atoms with E-state index in [1.165, 1.54) is 17.2 Å². The lowest BCUT2D eigenvalue weighted by atomic mass is 10.0. The molecule has 0 radical (unpaired) electrons. The van der Waals surface area contributed by atoms with Crippen molar-refractivity contribution in [3.05, 3.63) is 12.7 Å². The van der Waals surface area contributed by atoms with Crippen LogP contribution < -0.4 is 5.73 Å². The zero-order valence-electron chi connectivity index (χ0n) is 9.84. The quantitative estimate of drug-likeness (QED) is 0.491. The highest BCUT2D eigenvalue weighted by molar-refractivity contribution is 5.81. The lowest BCUT2D eigenvalue weighted by Crippen LogP contribution is -2.46. The Bertz CT molecular complexity index is 617. The van der Waals surface area contributed by atoms with Gasteiger partial charge in [-0.15, -0.1) is 0 Å². The summed E-state index contributed by atoms with van der Waals surface area (Å²) in [5, 5.41) is 29.1. The SMILES string of the molecule is Nc1ncnc2c1ncn2[C@@H]1OC[C@](O)(CO)[C@H]1O. The van der Waals surface area contributed by atoms with Crippen LogP contribution in [0, 0.1) is 0 Å². The molecule has 102 valence electrons. The molecule has 2 aromatic rings. The second-order valence-electron chi connectivity index (χ2n) is 4.49. The Balaban J connectivity index is 2.05. The minimum atomic E-state index is -1.69. The van der Waals surface area contributed by atoms with E-state index >= 15 is 0 Å². The molecule has 0 aromatic carbocycles. The van der Waals surface area contributed by atoms with Crippen molar-refractivity contribution in [1.82, 2.24) is 19.5 Å².